The SMILES string of the molecule is CC(OC(=O)c1csc(-c2ccsc2)n1)C(=O)N1CCc2ccccc21. The average molecular weight is 384 g/mol. The highest BCUT2D eigenvalue weighted by molar-refractivity contribution is 7.14. The summed E-state index contributed by atoms with van der Waals surface area (Å²) in [5.41, 5.74) is 3.25. The Kier molecular flexibility index (Phi) is 4.57. The molecule has 1 amide bonds. The number of amides is 1. The number of rotatable bonds is 4. The minimum atomic E-state index is -0.861. The van der Waals surface area contributed by atoms with Crippen LogP contribution in [0.15, 0.2) is 46.5 Å². The van der Waals surface area contributed by atoms with Crippen LogP contribution in [0.1, 0.15) is 23.0 Å². The molecular weight excluding hydrogens is 368 g/mol. The molecule has 0 fully saturated rings. The number of thiophene rings is 1. The lowest BCUT2D eigenvalue weighted by molar-refractivity contribution is -0.126. The maximum atomic E-state index is 12.7. The first-order valence-electron chi connectivity index (χ1n) is 8.22. The monoisotopic (exact) mass is 384 g/mol. The summed E-state index contributed by atoms with van der Waals surface area (Å²) in [6.07, 6.45) is -0.0430. The summed E-state index contributed by atoms with van der Waals surface area (Å²) in [5.74, 6) is -0.785. The number of anilines is 1. The minimum Gasteiger partial charge on any atom is -0.448 e. The number of hydrogen-bond donors (Lipinski definition) is 0. The van der Waals surface area contributed by atoms with Gasteiger partial charge < -0.3 is 9.64 Å². The predicted molar refractivity (Wildman–Crippen MR) is 103 cm³/mol. The van der Waals surface area contributed by atoms with Gasteiger partial charge in [0.15, 0.2) is 11.8 Å². The Bertz CT molecular complexity index is 949. The Morgan fingerprint density at radius 1 is 1.23 bits per heavy atom. The zero-order valence-corrected chi connectivity index (χ0v) is 15.7. The molecule has 2 aromatic heterocycles. The molecule has 0 aliphatic carbocycles. The Morgan fingerprint density at radius 3 is 2.88 bits per heavy atom. The summed E-state index contributed by atoms with van der Waals surface area (Å²) in [6, 6.07) is 9.75. The third-order valence-corrected chi connectivity index (χ3v) is 5.84. The van der Waals surface area contributed by atoms with E-state index in [0.717, 1.165) is 28.2 Å². The number of esters is 1. The molecule has 1 aromatic carbocycles. The third-order valence-electron chi connectivity index (χ3n) is 4.27. The highest BCUT2D eigenvalue weighted by atomic mass is 32.1. The summed E-state index contributed by atoms with van der Waals surface area (Å²) < 4.78 is 5.37. The van der Waals surface area contributed by atoms with Crippen molar-refractivity contribution in [2.24, 2.45) is 0 Å². The number of fused-ring (bicyclic) bond motifs is 1. The lowest BCUT2D eigenvalue weighted by Gasteiger charge is -2.21. The van der Waals surface area contributed by atoms with Crippen molar-refractivity contribution in [2.75, 3.05) is 11.4 Å². The van der Waals surface area contributed by atoms with E-state index in [9.17, 15) is 9.59 Å². The van der Waals surface area contributed by atoms with E-state index in [0.29, 0.717) is 6.54 Å². The van der Waals surface area contributed by atoms with Crippen LogP contribution in [0.2, 0.25) is 0 Å². The van der Waals surface area contributed by atoms with Gasteiger partial charge >= 0.3 is 5.97 Å². The summed E-state index contributed by atoms with van der Waals surface area (Å²) >= 11 is 2.96. The number of nitrogens with zero attached hydrogens (tertiary/aromatic N) is 2. The number of para-hydroxylation sites is 1. The van der Waals surface area contributed by atoms with E-state index in [-0.39, 0.29) is 11.6 Å². The van der Waals surface area contributed by atoms with Crippen molar-refractivity contribution in [1.29, 1.82) is 0 Å². The lowest BCUT2D eigenvalue weighted by atomic mass is 10.2. The molecule has 132 valence electrons. The van der Waals surface area contributed by atoms with E-state index in [1.807, 2.05) is 41.1 Å². The second kappa shape index (κ2) is 7.01. The van der Waals surface area contributed by atoms with Gasteiger partial charge in [-0.15, -0.1) is 11.3 Å². The fourth-order valence-electron chi connectivity index (χ4n) is 2.94. The van der Waals surface area contributed by atoms with E-state index in [2.05, 4.69) is 4.98 Å². The summed E-state index contributed by atoms with van der Waals surface area (Å²) in [5, 5.41) is 6.37. The van der Waals surface area contributed by atoms with Gasteiger partial charge in [-0.2, -0.15) is 11.3 Å². The normalized spacial score (nSPS) is 14.1. The summed E-state index contributed by atoms with van der Waals surface area (Å²) in [6.45, 7) is 2.21. The van der Waals surface area contributed by atoms with Crippen molar-refractivity contribution in [3.8, 4) is 10.6 Å². The average Bonchev–Trinajstić information content (AvgIpc) is 3.40. The molecule has 0 spiro atoms. The third kappa shape index (κ3) is 3.15. The van der Waals surface area contributed by atoms with Crippen LogP contribution in [0.25, 0.3) is 10.6 Å². The molecule has 0 saturated heterocycles. The Hall–Kier alpha value is -2.51. The van der Waals surface area contributed by atoms with Gasteiger partial charge in [0.1, 0.15) is 5.01 Å². The highest BCUT2D eigenvalue weighted by Gasteiger charge is 2.30. The quantitative estimate of drug-likeness (QED) is 0.638. The molecule has 26 heavy (non-hydrogen) atoms. The number of carbonyl (C=O) groups excluding carboxylic acids is 2. The van der Waals surface area contributed by atoms with E-state index in [1.165, 1.54) is 11.3 Å². The number of hydrogen-bond acceptors (Lipinski definition) is 6. The van der Waals surface area contributed by atoms with Gasteiger partial charge in [0.05, 0.1) is 0 Å². The van der Waals surface area contributed by atoms with Gasteiger partial charge in [-0.3, -0.25) is 4.79 Å². The Balaban J connectivity index is 1.44. The maximum absolute atomic E-state index is 12.7. The molecule has 7 heteroatoms. The first-order chi connectivity index (χ1) is 12.6. The smallest absolute Gasteiger partial charge is 0.358 e. The van der Waals surface area contributed by atoms with Crippen molar-refractivity contribution < 1.29 is 14.3 Å². The number of benzene rings is 1. The lowest BCUT2D eigenvalue weighted by Crippen LogP contribution is -2.39. The molecule has 3 heterocycles. The van der Waals surface area contributed by atoms with Crippen molar-refractivity contribution in [1.82, 2.24) is 4.98 Å². The van der Waals surface area contributed by atoms with E-state index in [4.69, 9.17) is 4.74 Å². The first-order valence-corrected chi connectivity index (χ1v) is 10.0. The van der Waals surface area contributed by atoms with Crippen LogP contribution in [0.4, 0.5) is 5.69 Å². The van der Waals surface area contributed by atoms with Crippen molar-refractivity contribution in [3.63, 3.8) is 0 Å². The molecule has 1 aliphatic rings. The fourth-order valence-corrected chi connectivity index (χ4v) is 4.45. The minimum absolute atomic E-state index is 0.211. The predicted octanol–water partition coefficient (Wildman–Crippen LogP) is 4.01. The second-order valence-electron chi connectivity index (χ2n) is 5.97. The van der Waals surface area contributed by atoms with Crippen molar-refractivity contribution in [2.45, 2.75) is 19.4 Å². The van der Waals surface area contributed by atoms with E-state index in [1.54, 1.807) is 28.5 Å². The number of thiazole rings is 1. The van der Waals surface area contributed by atoms with Crippen LogP contribution in [0.5, 0.6) is 0 Å². The molecule has 4 rings (SSSR count). The molecule has 0 N–H and O–H groups in total. The molecule has 0 radical (unpaired) electrons. The Morgan fingerprint density at radius 2 is 2.08 bits per heavy atom. The van der Waals surface area contributed by atoms with Crippen LogP contribution in [-0.4, -0.2) is 29.5 Å². The highest BCUT2D eigenvalue weighted by Crippen LogP contribution is 2.29. The zero-order chi connectivity index (χ0) is 18.1. The van der Waals surface area contributed by atoms with Crippen LogP contribution in [0.3, 0.4) is 0 Å². The van der Waals surface area contributed by atoms with Crippen LogP contribution in [-0.2, 0) is 16.0 Å². The number of aromatic nitrogens is 1. The van der Waals surface area contributed by atoms with Gasteiger partial charge in [0, 0.05) is 28.6 Å². The number of carbonyl (C=O) groups is 2. The molecule has 0 saturated carbocycles. The topological polar surface area (TPSA) is 59.5 Å². The maximum Gasteiger partial charge on any atom is 0.358 e. The molecule has 3 aromatic rings. The van der Waals surface area contributed by atoms with Crippen LogP contribution < -0.4 is 4.90 Å². The molecule has 1 unspecified atom stereocenters. The molecule has 0 bridgehead atoms. The largest absolute Gasteiger partial charge is 0.448 e. The van der Waals surface area contributed by atoms with Crippen molar-refractivity contribution >= 4 is 40.2 Å². The molecule has 1 aliphatic heterocycles. The van der Waals surface area contributed by atoms with Crippen LogP contribution >= 0.6 is 22.7 Å². The first kappa shape index (κ1) is 16.9. The fraction of sp³-hybridized carbons (Fsp3) is 0.211. The summed E-state index contributed by atoms with van der Waals surface area (Å²) in [4.78, 5) is 31.1. The van der Waals surface area contributed by atoms with Gasteiger partial charge in [-0.1, -0.05) is 18.2 Å². The second-order valence-corrected chi connectivity index (χ2v) is 7.60. The number of ether oxygens (including phenoxy) is 1. The standard InChI is InChI=1S/C19H16N2O3S2/c1-12(18(22)21-8-6-13-4-2-3-5-16(13)21)24-19(23)15-11-26-17(20-15)14-7-9-25-10-14/h2-5,7,9-12H,6,8H2,1H3. The van der Waals surface area contributed by atoms with Crippen molar-refractivity contribution in [3.05, 3.63) is 57.7 Å². The Labute approximate surface area is 158 Å². The van der Waals surface area contributed by atoms with Gasteiger partial charge in [-0.25, -0.2) is 9.78 Å². The molecule has 5 nitrogen and oxygen atoms in total. The van der Waals surface area contributed by atoms with E-state index >= 15 is 0 Å². The van der Waals surface area contributed by atoms with Gasteiger partial charge in [0.25, 0.3) is 5.91 Å². The van der Waals surface area contributed by atoms with Crippen LogP contribution in [0, 0.1) is 0 Å². The van der Waals surface area contributed by atoms with Gasteiger partial charge in [0.2, 0.25) is 0 Å². The molecule has 1 atom stereocenters. The summed E-state index contributed by atoms with van der Waals surface area (Å²) in [7, 11) is 0. The van der Waals surface area contributed by atoms with E-state index < -0.39 is 12.1 Å². The van der Waals surface area contributed by atoms with Gasteiger partial charge in [-0.05, 0) is 36.4 Å². The zero-order valence-electron chi connectivity index (χ0n) is 14.0. The molecular formula is C19H16N2O3S2.